The van der Waals surface area contributed by atoms with Gasteiger partial charge >= 0.3 is 5.97 Å². The quantitative estimate of drug-likeness (QED) is 0.648. The second-order valence-electron chi connectivity index (χ2n) is 2.81. The summed E-state index contributed by atoms with van der Waals surface area (Å²) in [6, 6.07) is 2.36. The molecular formula is C9H10N4O3. The lowest BCUT2D eigenvalue weighted by Gasteiger charge is -2.14. The maximum Gasteiger partial charge on any atom is 0.330 e. The first kappa shape index (κ1) is 11.9. The number of anilines is 1. The summed E-state index contributed by atoms with van der Waals surface area (Å²) >= 11 is 0. The van der Waals surface area contributed by atoms with Gasteiger partial charge in [0.05, 0.1) is 25.5 Å². The van der Waals surface area contributed by atoms with Gasteiger partial charge in [0.15, 0.2) is 5.82 Å². The van der Waals surface area contributed by atoms with Gasteiger partial charge in [0.1, 0.15) is 12.1 Å². The van der Waals surface area contributed by atoms with E-state index in [1.165, 1.54) is 19.4 Å². The van der Waals surface area contributed by atoms with Gasteiger partial charge in [-0.1, -0.05) is 0 Å². The Morgan fingerprint density at radius 3 is 3.12 bits per heavy atom. The van der Waals surface area contributed by atoms with E-state index in [4.69, 9.17) is 10.4 Å². The lowest BCUT2D eigenvalue weighted by Crippen LogP contribution is -2.34. The smallest absolute Gasteiger partial charge is 0.330 e. The molecule has 2 N–H and O–H groups in total. The highest BCUT2D eigenvalue weighted by molar-refractivity contribution is 5.79. The summed E-state index contributed by atoms with van der Waals surface area (Å²) in [5.41, 5.74) is 0.234. The minimum Gasteiger partial charge on any atom is -0.467 e. The van der Waals surface area contributed by atoms with Gasteiger partial charge in [-0.05, 0) is 6.07 Å². The Bertz CT molecular complexity index is 415. The molecule has 0 saturated heterocycles. The van der Waals surface area contributed by atoms with Crippen molar-refractivity contribution in [1.82, 2.24) is 10.2 Å². The predicted octanol–water partition coefficient (Wildman–Crippen LogP) is -0.706. The molecule has 1 aromatic heterocycles. The van der Waals surface area contributed by atoms with E-state index in [1.807, 2.05) is 6.07 Å². The minimum atomic E-state index is -0.964. The van der Waals surface area contributed by atoms with Crippen LogP contribution in [0.15, 0.2) is 12.3 Å². The van der Waals surface area contributed by atoms with Crippen LogP contribution in [0.2, 0.25) is 0 Å². The Balaban J connectivity index is 2.86. The van der Waals surface area contributed by atoms with Crippen molar-refractivity contribution >= 4 is 11.8 Å². The Kier molecular flexibility index (Phi) is 4.17. The molecule has 0 aliphatic carbocycles. The third-order valence-electron chi connectivity index (χ3n) is 1.82. The number of carbonyl (C=O) groups is 1. The summed E-state index contributed by atoms with van der Waals surface area (Å²) in [6.07, 6.45) is 1.36. The fourth-order valence-corrected chi connectivity index (χ4v) is 1.01. The van der Waals surface area contributed by atoms with Gasteiger partial charge in [-0.2, -0.15) is 10.4 Å². The van der Waals surface area contributed by atoms with Gasteiger partial charge in [0.25, 0.3) is 0 Å². The van der Waals surface area contributed by atoms with E-state index in [0.717, 1.165) is 0 Å². The molecule has 1 rings (SSSR count). The summed E-state index contributed by atoms with van der Waals surface area (Å²) in [6.45, 7) is -0.464. The van der Waals surface area contributed by atoms with E-state index in [9.17, 15) is 4.79 Å². The number of carbonyl (C=O) groups excluding carboxylic acids is 1. The Hall–Kier alpha value is -2.20. The molecule has 0 aliphatic heterocycles. The maximum atomic E-state index is 11.2. The first-order valence-corrected chi connectivity index (χ1v) is 4.40. The second-order valence-corrected chi connectivity index (χ2v) is 2.81. The van der Waals surface area contributed by atoms with Crippen molar-refractivity contribution in [2.45, 2.75) is 6.04 Å². The normalized spacial score (nSPS) is 11.3. The minimum absolute atomic E-state index is 0.134. The molecule has 0 aromatic carbocycles. The SMILES string of the molecule is COC(=O)C(CO)Nc1nnccc1C#N. The average Bonchev–Trinajstić information content (AvgIpc) is 2.35. The molecule has 1 heterocycles. The van der Waals surface area contributed by atoms with E-state index in [-0.39, 0.29) is 11.4 Å². The number of ether oxygens (including phenoxy) is 1. The third kappa shape index (κ3) is 2.65. The van der Waals surface area contributed by atoms with Gasteiger partial charge in [-0.3, -0.25) is 0 Å². The summed E-state index contributed by atoms with van der Waals surface area (Å²) in [5.74, 6) is -0.508. The molecule has 1 unspecified atom stereocenters. The van der Waals surface area contributed by atoms with Crippen molar-refractivity contribution in [3.63, 3.8) is 0 Å². The van der Waals surface area contributed by atoms with E-state index >= 15 is 0 Å². The molecule has 0 spiro atoms. The molecular weight excluding hydrogens is 212 g/mol. The monoisotopic (exact) mass is 222 g/mol. The number of aromatic nitrogens is 2. The number of esters is 1. The second kappa shape index (κ2) is 5.63. The molecule has 0 saturated carbocycles. The predicted molar refractivity (Wildman–Crippen MR) is 53.3 cm³/mol. The fraction of sp³-hybridized carbons (Fsp3) is 0.333. The van der Waals surface area contributed by atoms with Crippen LogP contribution in [0, 0.1) is 11.3 Å². The number of nitriles is 1. The molecule has 84 valence electrons. The molecule has 0 amide bonds. The van der Waals surface area contributed by atoms with Crippen LogP contribution in [0.4, 0.5) is 5.82 Å². The lowest BCUT2D eigenvalue weighted by molar-refractivity contribution is -0.142. The molecule has 1 atom stereocenters. The number of aliphatic hydroxyl groups is 1. The van der Waals surface area contributed by atoms with Crippen LogP contribution in [0.3, 0.4) is 0 Å². The fourth-order valence-electron chi connectivity index (χ4n) is 1.01. The number of nitrogens with one attached hydrogen (secondary N) is 1. The van der Waals surface area contributed by atoms with Gasteiger partial charge < -0.3 is 15.2 Å². The van der Waals surface area contributed by atoms with Crippen LogP contribution in [-0.4, -0.2) is 41.0 Å². The van der Waals surface area contributed by atoms with Crippen LogP contribution >= 0.6 is 0 Å². The van der Waals surface area contributed by atoms with Crippen LogP contribution in [0.25, 0.3) is 0 Å². The number of hydrogen-bond acceptors (Lipinski definition) is 7. The van der Waals surface area contributed by atoms with Crippen molar-refractivity contribution in [2.75, 3.05) is 19.0 Å². The summed E-state index contributed by atoms with van der Waals surface area (Å²) in [7, 11) is 1.20. The number of hydrogen-bond donors (Lipinski definition) is 2. The van der Waals surface area contributed by atoms with Crippen molar-refractivity contribution in [2.24, 2.45) is 0 Å². The third-order valence-corrected chi connectivity index (χ3v) is 1.82. The molecule has 0 bridgehead atoms. The highest BCUT2D eigenvalue weighted by Crippen LogP contribution is 2.10. The zero-order valence-corrected chi connectivity index (χ0v) is 8.54. The highest BCUT2D eigenvalue weighted by Gasteiger charge is 2.19. The number of rotatable bonds is 4. The van der Waals surface area contributed by atoms with Crippen molar-refractivity contribution < 1.29 is 14.6 Å². The van der Waals surface area contributed by atoms with Crippen LogP contribution in [-0.2, 0) is 9.53 Å². The molecule has 1 aromatic rings. The topological polar surface area (TPSA) is 108 Å². The van der Waals surface area contributed by atoms with Crippen LogP contribution in [0.1, 0.15) is 5.56 Å². The number of aliphatic hydroxyl groups excluding tert-OH is 1. The molecule has 0 radical (unpaired) electrons. The van der Waals surface area contributed by atoms with Crippen LogP contribution < -0.4 is 5.32 Å². The highest BCUT2D eigenvalue weighted by atomic mass is 16.5. The summed E-state index contributed by atoms with van der Waals surface area (Å²) in [5, 5.41) is 27.5. The van der Waals surface area contributed by atoms with Crippen LogP contribution in [0.5, 0.6) is 0 Å². The zero-order chi connectivity index (χ0) is 12.0. The Labute approximate surface area is 91.7 Å². The zero-order valence-electron chi connectivity index (χ0n) is 8.54. The molecule has 7 heteroatoms. The first-order valence-electron chi connectivity index (χ1n) is 4.40. The van der Waals surface area contributed by atoms with E-state index < -0.39 is 18.6 Å². The Morgan fingerprint density at radius 1 is 1.81 bits per heavy atom. The van der Waals surface area contributed by atoms with E-state index in [2.05, 4.69) is 20.3 Å². The molecule has 0 aliphatic rings. The number of methoxy groups -OCH3 is 1. The van der Waals surface area contributed by atoms with Crippen molar-refractivity contribution in [1.29, 1.82) is 5.26 Å². The maximum absolute atomic E-state index is 11.2. The van der Waals surface area contributed by atoms with Crippen molar-refractivity contribution in [3.05, 3.63) is 17.8 Å². The van der Waals surface area contributed by atoms with Gasteiger partial charge in [-0.25, -0.2) is 4.79 Å². The number of nitrogens with zero attached hydrogens (tertiary/aromatic N) is 3. The lowest BCUT2D eigenvalue weighted by atomic mass is 10.2. The average molecular weight is 222 g/mol. The molecule has 7 nitrogen and oxygen atoms in total. The van der Waals surface area contributed by atoms with Gasteiger partial charge in [-0.15, -0.1) is 5.10 Å². The summed E-state index contributed by atoms with van der Waals surface area (Å²) in [4.78, 5) is 11.2. The Morgan fingerprint density at radius 2 is 2.56 bits per heavy atom. The first-order chi connectivity index (χ1) is 7.72. The molecule has 0 fully saturated rings. The largest absolute Gasteiger partial charge is 0.467 e. The van der Waals surface area contributed by atoms with E-state index in [1.54, 1.807) is 0 Å². The standard InChI is InChI=1S/C9H10N4O3/c1-16-9(15)7(5-14)12-8-6(4-10)2-3-11-13-8/h2-3,7,14H,5H2,1H3,(H,12,13). The van der Waals surface area contributed by atoms with E-state index in [0.29, 0.717) is 0 Å². The molecule has 16 heavy (non-hydrogen) atoms. The van der Waals surface area contributed by atoms with Gasteiger partial charge in [0, 0.05) is 0 Å². The van der Waals surface area contributed by atoms with Crippen molar-refractivity contribution in [3.8, 4) is 6.07 Å². The summed E-state index contributed by atoms with van der Waals surface area (Å²) < 4.78 is 4.46. The van der Waals surface area contributed by atoms with Gasteiger partial charge in [0.2, 0.25) is 0 Å².